The Balaban J connectivity index is 1.56. The molecule has 0 aliphatic rings. The van der Waals surface area contributed by atoms with E-state index in [1.54, 1.807) is 22.8 Å². The minimum atomic E-state index is -0.210. The molecule has 2 heterocycles. The molecule has 3 aromatic carbocycles. The average molecular weight is 637 g/mol. The van der Waals surface area contributed by atoms with Gasteiger partial charge in [0, 0.05) is 24.9 Å². The van der Waals surface area contributed by atoms with Crippen molar-refractivity contribution in [2.45, 2.75) is 6.54 Å². The SMILES string of the molecule is O=c1c2cc(Br)cc(Br)c2nc(CNc2nc(-c3ccc(Cl)cc3)cs2)n1-c1ccccc1Cl. The Kier molecular flexibility index (Phi) is 6.77. The van der Waals surface area contributed by atoms with E-state index in [0.717, 1.165) is 20.2 Å². The molecule has 0 saturated heterocycles. The first-order valence-electron chi connectivity index (χ1n) is 10.0. The van der Waals surface area contributed by atoms with Gasteiger partial charge in [-0.2, -0.15) is 0 Å². The van der Waals surface area contributed by atoms with Crippen molar-refractivity contribution in [3.05, 3.63) is 101 Å². The van der Waals surface area contributed by atoms with Crippen LogP contribution >= 0.6 is 66.4 Å². The summed E-state index contributed by atoms with van der Waals surface area (Å²) in [6, 6.07) is 18.4. The van der Waals surface area contributed by atoms with Crippen molar-refractivity contribution in [2.24, 2.45) is 0 Å². The normalized spacial score (nSPS) is 11.2. The van der Waals surface area contributed by atoms with Crippen LogP contribution in [-0.4, -0.2) is 14.5 Å². The van der Waals surface area contributed by atoms with Crippen molar-refractivity contribution in [1.29, 1.82) is 0 Å². The summed E-state index contributed by atoms with van der Waals surface area (Å²) in [7, 11) is 0. The molecular weight excluding hydrogens is 623 g/mol. The number of anilines is 1. The van der Waals surface area contributed by atoms with Crippen molar-refractivity contribution in [3.63, 3.8) is 0 Å². The van der Waals surface area contributed by atoms with Crippen LogP contribution in [0.4, 0.5) is 5.13 Å². The molecule has 0 aliphatic heterocycles. The highest BCUT2D eigenvalue weighted by molar-refractivity contribution is 9.11. The molecule has 1 N–H and O–H groups in total. The third-order valence-electron chi connectivity index (χ3n) is 5.10. The smallest absolute Gasteiger partial charge is 0.266 e. The standard InChI is InChI=1S/C24H14Br2Cl2N4OS/c25-14-9-16-22(17(26)10-14)31-21(32(23(16)33)20-4-2-1-3-18(20)28)11-29-24-30-19(12-34-24)13-5-7-15(27)8-6-13/h1-10,12H,11H2,(H,29,30). The Labute approximate surface area is 225 Å². The van der Waals surface area contributed by atoms with Gasteiger partial charge in [-0.05, 0) is 52.3 Å². The van der Waals surface area contributed by atoms with Gasteiger partial charge in [0.2, 0.25) is 0 Å². The maximum atomic E-state index is 13.6. The molecule has 5 rings (SSSR count). The molecule has 5 aromatic rings. The highest BCUT2D eigenvalue weighted by Gasteiger charge is 2.17. The molecular formula is C24H14Br2Cl2N4OS. The molecule has 170 valence electrons. The summed E-state index contributed by atoms with van der Waals surface area (Å²) in [5.41, 5.74) is 2.75. The fraction of sp³-hybridized carbons (Fsp3) is 0.0417. The van der Waals surface area contributed by atoms with Crippen LogP contribution in [0.1, 0.15) is 5.82 Å². The summed E-state index contributed by atoms with van der Waals surface area (Å²) in [5, 5.41) is 7.59. The van der Waals surface area contributed by atoms with Crippen LogP contribution in [0.15, 0.2) is 79.8 Å². The lowest BCUT2D eigenvalue weighted by molar-refractivity contribution is 0.838. The van der Waals surface area contributed by atoms with E-state index in [9.17, 15) is 4.79 Å². The zero-order chi connectivity index (χ0) is 23.8. The van der Waals surface area contributed by atoms with Gasteiger partial charge in [0.25, 0.3) is 5.56 Å². The van der Waals surface area contributed by atoms with E-state index in [4.69, 9.17) is 28.2 Å². The van der Waals surface area contributed by atoms with Crippen molar-refractivity contribution < 1.29 is 0 Å². The molecule has 0 fully saturated rings. The zero-order valence-electron chi connectivity index (χ0n) is 17.2. The molecule has 0 spiro atoms. The first kappa shape index (κ1) is 23.5. The first-order valence-corrected chi connectivity index (χ1v) is 13.2. The Morgan fingerprint density at radius 3 is 2.53 bits per heavy atom. The van der Waals surface area contributed by atoms with Gasteiger partial charge in [-0.3, -0.25) is 9.36 Å². The zero-order valence-corrected chi connectivity index (χ0v) is 22.7. The van der Waals surface area contributed by atoms with Crippen LogP contribution < -0.4 is 10.9 Å². The molecule has 0 unspecified atom stereocenters. The van der Waals surface area contributed by atoms with Gasteiger partial charge < -0.3 is 5.32 Å². The van der Waals surface area contributed by atoms with E-state index >= 15 is 0 Å². The first-order chi connectivity index (χ1) is 16.4. The van der Waals surface area contributed by atoms with E-state index in [1.807, 2.05) is 47.8 Å². The number of aromatic nitrogens is 3. The van der Waals surface area contributed by atoms with Gasteiger partial charge in [-0.15, -0.1) is 11.3 Å². The summed E-state index contributed by atoms with van der Waals surface area (Å²) in [5.74, 6) is 0.511. The Morgan fingerprint density at radius 1 is 1.00 bits per heavy atom. The highest BCUT2D eigenvalue weighted by Crippen LogP contribution is 2.29. The molecule has 0 atom stereocenters. The van der Waals surface area contributed by atoms with Crippen molar-refractivity contribution in [1.82, 2.24) is 14.5 Å². The molecule has 0 radical (unpaired) electrons. The summed E-state index contributed by atoms with van der Waals surface area (Å²) in [4.78, 5) is 23.1. The predicted molar refractivity (Wildman–Crippen MR) is 148 cm³/mol. The second-order valence-electron chi connectivity index (χ2n) is 7.30. The number of benzene rings is 3. The number of para-hydroxylation sites is 1. The molecule has 0 aliphatic carbocycles. The van der Waals surface area contributed by atoms with Crippen LogP contribution in [0.2, 0.25) is 10.0 Å². The van der Waals surface area contributed by atoms with Crippen molar-refractivity contribution >= 4 is 82.4 Å². The van der Waals surface area contributed by atoms with Gasteiger partial charge in [0.15, 0.2) is 5.13 Å². The van der Waals surface area contributed by atoms with Crippen LogP contribution in [0.5, 0.6) is 0 Å². The lowest BCUT2D eigenvalue weighted by Crippen LogP contribution is -2.25. The number of nitrogens with one attached hydrogen (secondary N) is 1. The van der Waals surface area contributed by atoms with E-state index in [-0.39, 0.29) is 12.1 Å². The lowest BCUT2D eigenvalue weighted by Gasteiger charge is -2.16. The molecule has 0 bridgehead atoms. The van der Waals surface area contributed by atoms with E-state index < -0.39 is 0 Å². The Hall–Kier alpha value is -2.23. The second kappa shape index (κ2) is 9.79. The number of hydrogen-bond acceptors (Lipinski definition) is 5. The third kappa shape index (κ3) is 4.65. The summed E-state index contributed by atoms with van der Waals surface area (Å²) in [6.45, 7) is 0.270. The summed E-state index contributed by atoms with van der Waals surface area (Å²) >= 11 is 20.9. The van der Waals surface area contributed by atoms with Crippen LogP contribution in [0.3, 0.4) is 0 Å². The maximum Gasteiger partial charge on any atom is 0.266 e. The molecule has 2 aromatic heterocycles. The van der Waals surface area contributed by atoms with Crippen LogP contribution in [0, 0.1) is 0 Å². The quantitative estimate of drug-likeness (QED) is 0.213. The van der Waals surface area contributed by atoms with Crippen molar-refractivity contribution in [2.75, 3.05) is 5.32 Å². The number of hydrogen-bond donors (Lipinski definition) is 1. The van der Waals surface area contributed by atoms with Crippen LogP contribution in [-0.2, 0) is 6.54 Å². The molecule has 10 heteroatoms. The van der Waals surface area contributed by atoms with Gasteiger partial charge in [-0.1, -0.05) is 63.4 Å². The topological polar surface area (TPSA) is 59.8 Å². The largest absolute Gasteiger partial charge is 0.354 e. The fourth-order valence-corrected chi connectivity index (χ4v) is 5.90. The van der Waals surface area contributed by atoms with E-state index in [2.05, 4.69) is 42.2 Å². The lowest BCUT2D eigenvalue weighted by atomic mass is 10.2. The van der Waals surface area contributed by atoms with E-state index in [1.165, 1.54) is 11.3 Å². The minimum Gasteiger partial charge on any atom is -0.354 e. The molecule has 0 saturated carbocycles. The number of halogens is 4. The third-order valence-corrected chi connectivity index (χ3v) is 7.53. The van der Waals surface area contributed by atoms with Crippen molar-refractivity contribution in [3.8, 4) is 16.9 Å². The fourth-order valence-electron chi connectivity index (χ4n) is 3.52. The maximum absolute atomic E-state index is 13.6. The second-order valence-corrected chi connectivity index (χ2v) is 10.8. The van der Waals surface area contributed by atoms with E-state index in [0.29, 0.717) is 37.6 Å². The van der Waals surface area contributed by atoms with Gasteiger partial charge in [-0.25, -0.2) is 9.97 Å². The van der Waals surface area contributed by atoms with Gasteiger partial charge in [0.1, 0.15) is 5.82 Å². The number of thiazole rings is 1. The molecule has 5 nitrogen and oxygen atoms in total. The molecule has 34 heavy (non-hydrogen) atoms. The summed E-state index contributed by atoms with van der Waals surface area (Å²) < 4.78 is 3.05. The molecule has 0 amide bonds. The summed E-state index contributed by atoms with van der Waals surface area (Å²) in [6.07, 6.45) is 0. The Morgan fingerprint density at radius 2 is 1.76 bits per heavy atom. The minimum absolute atomic E-state index is 0.210. The average Bonchev–Trinajstić information content (AvgIpc) is 3.29. The number of rotatable bonds is 5. The highest BCUT2D eigenvalue weighted by atomic mass is 79.9. The monoisotopic (exact) mass is 634 g/mol. The van der Waals surface area contributed by atoms with Crippen LogP contribution in [0.25, 0.3) is 27.8 Å². The predicted octanol–water partition coefficient (Wildman–Crippen LogP) is 7.95. The number of nitrogens with zero attached hydrogens (tertiary/aromatic N) is 3. The van der Waals surface area contributed by atoms with Gasteiger partial charge in [0.05, 0.1) is 33.9 Å². The number of fused-ring (bicyclic) bond motifs is 1. The Bertz CT molecular complexity index is 1590. The van der Waals surface area contributed by atoms with Gasteiger partial charge >= 0.3 is 0 Å².